The van der Waals surface area contributed by atoms with Crippen LogP contribution in [0.5, 0.6) is 5.75 Å². The molecule has 1 saturated carbocycles. The maximum Gasteiger partial charge on any atom is 0.227 e. The lowest BCUT2D eigenvalue weighted by Gasteiger charge is -2.31. The van der Waals surface area contributed by atoms with Gasteiger partial charge in [-0.3, -0.25) is 4.79 Å². The SMILES string of the molecule is O=C(Cc1ccc(OCCCC2CCN(c3ncc(Cl)cn3)CC2)cc1F)N1CCNC2CC21. The number of nitrogens with zero attached hydrogens (tertiary/aromatic N) is 4. The summed E-state index contributed by atoms with van der Waals surface area (Å²) in [5.74, 6) is 1.55. The van der Waals surface area contributed by atoms with E-state index in [0.29, 0.717) is 47.5 Å². The average Bonchev–Trinajstić information content (AvgIpc) is 3.64. The number of aromatic nitrogens is 2. The molecule has 5 rings (SSSR count). The molecular formula is C25H31ClFN5O2. The maximum atomic E-state index is 14.6. The van der Waals surface area contributed by atoms with Crippen molar-refractivity contribution in [3.63, 3.8) is 0 Å². The lowest BCUT2D eigenvalue weighted by Crippen LogP contribution is -2.47. The zero-order valence-corrected chi connectivity index (χ0v) is 20.0. The Balaban J connectivity index is 1.02. The fourth-order valence-corrected chi connectivity index (χ4v) is 5.17. The molecule has 0 spiro atoms. The molecule has 34 heavy (non-hydrogen) atoms. The van der Waals surface area contributed by atoms with Gasteiger partial charge in [0.15, 0.2) is 0 Å². The molecule has 2 saturated heterocycles. The van der Waals surface area contributed by atoms with Crippen LogP contribution >= 0.6 is 11.6 Å². The van der Waals surface area contributed by atoms with Crippen LogP contribution in [0, 0.1) is 11.7 Å². The molecule has 2 unspecified atom stereocenters. The molecule has 1 N–H and O–H groups in total. The first-order valence-electron chi connectivity index (χ1n) is 12.2. The lowest BCUT2D eigenvalue weighted by molar-refractivity contribution is -0.131. The predicted molar refractivity (Wildman–Crippen MR) is 129 cm³/mol. The molecule has 3 fully saturated rings. The third-order valence-electron chi connectivity index (χ3n) is 7.13. The van der Waals surface area contributed by atoms with Crippen molar-refractivity contribution in [1.29, 1.82) is 0 Å². The van der Waals surface area contributed by atoms with Gasteiger partial charge < -0.3 is 19.9 Å². The smallest absolute Gasteiger partial charge is 0.227 e. The third-order valence-corrected chi connectivity index (χ3v) is 7.33. The molecular weight excluding hydrogens is 457 g/mol. The summed E-state index contributed by atoms with van der Waals surface area (Å²) in [6.45, 7) is 3.96. The number of piperazine rings is 1. The van der Waals surface area contributed by atoms with Gasteiger partial charge in [-0.15, -0.1) is 0 Å². The number of piperidine rings is 1. The standard InChI is InChI=1S/C25H31ClFN5O2/c26-19-15-29-25(30-16-19)31-8-5-17(6-9-31)2-1-11-34-20-4-3-18(21(27)13-20)12-24(33)32-10-7-28-22-14-23(22)32/h3-4,13,15-17,22-23,28H,1-2,5-12,14H2. The summed E-state index contributed by atoms with van der Waals surface area (Å²) in [4.78, 5) is 25.3. The largest absolute Gasteiger partial charge is 0.493 e. The van der Waals surface area contributed by atoms with Gasteiger partial charge in [-0.2, -0.15) is 0 Å². The Hall–Kier alpha value is -2.45. The Kier molecular flexibility index (Phi) is 7.15. The number of hydrogen-bond donors (Lipinski definition) is 1. The van der Waals surface area contributed by atoms with E-state index in [1.54, 1.807) is 24.5 Å². The van der Waals surface area contributed by atoms with Crippen LogP contribution in [-0.2, 0) is 11.2 Å². The van der Waals surface area contributed by atoms with Crippen molar-refractivity contribution in [2.45, 2.75) is 50.6 Å². The molecule has 0 radical (unpaired) electrons. The van der Waals surface area contributed by atoms with Gasteiger partial charge in [0, 0.05) is 44.3 Å². The van der Waals surface area contributed by atoms with Crippen LogP contribution in [0.25, 0.3) is 0 Å². The van der Waals surface area contributed by atoms with Gasteiger partial charge in [-0.1, -0.05) is 17.7 Å². The van der Waals surface area contributed by atoms with Crippen molar-refractivity contribution >= 4 is 23.5 Å². The van der Waals surface area contributed by atoms with E-state index in [9.17, 15) is 9.18 Å². The Morgan fingerprint density at radius 2 is 2.00 bits per heavy atom. The third kappa shape index (κ3) is 5.61. The summed E-state index contributed by atoms with van der Waals surface area (Å²) < 4.78 is 20.4. The molecule has 2 atom stereocenters. The van der Waals surface area contributed by atoms with E-state index < -0.39 is 0 Å². The summed E-state index contributed by atoms with van der Waals surface area (Å²) in [5, 5.41) is 3.93. The zero-order chi connectivity index (χ0) is 23.5. The number of ether oxygens (including phenoxy) is 1. The minimum atomic E-state index is -0.370. The number of carbonyl (C=O) groups excluding carboxylic acids is 1. The maximum absolute atomic E-state index is 14.6. The lowest BCUT2D eigenvalue weighted by atomic mass is 9.92. The Labute approximate surface area is 204 Å². The van der Waals surface area contributed by atoms with Crippen molar-refractivity contribution in [1.82, 2.24) is 20.2 Å². The number of benzene rings is 1. The second-order valence-corrected chi connectivity index (χ2v) is 9.94. The average molecular weight is 488 g/mol. The molecule has 2 aliphatic heterocycles. The van der Waals surface area contributed by atoms with Crippen LogP contribution in [0.2, 0.25) is 5.02 Å². The zero-order valence-electron chi connectivity index (χ0n) is 19.3. The summed E-state index contributed by atoms with van der Waals surface area (Å²) >= 11 is 5.87. The van der Waals surface area contributed by atoms with Crippen LogP contribution < -0.4 is 15.0 Å². The van der Waals surface area contributed by atoms with Gasteiger partial charge in [-0.25, -0.2) is 14.4 Å². The molecule has 182 valence electrons. The van der Waals surface area contributed by atoms with E-state index in [1.165, 1.54) is 6.07 Å². The fourth-order valence-electron chi connectivity index (χ4n) is 5.07. The number of hydrogen-bond acceptors (Lipinski definition) is 6. The van der Waals surface area contributed by atoms with Crippen molar-refractivity contribution < 1.29 is 13.9 Å². The van der Waals surface area contributed by atoms with Gasteiger partial charge in [0.05, 0.1) is 30.4 Å². The van der Waals surface area contributed by atoms with Crippen LogP contribution in [0.15, 0.2) is 30.6 Å². The minimum Gasteiger partial charge on any atom is -0.493 e. The van der Waals surface area contributed by atoms with Gasteiger partial charge in [0.1, 0.15) is 11.6 Å². The number of nitrogens with one attached hydrogen (secondary N) is 1. The van der Waals surface area contributed by atoms with E-state index in [0.717, 1.165) is 57.7 Å². The van der Waals surface area contributed by atoms with E-state index in [-0.39, 0.29) is 18.1 Å². The van der Waals surface area contributed by atoms with Crippen molar-refractivity contribution in [2.75, 3.05) is 37.7 Å². The van der Waals surface area contributed by atoms with E-state index in [4.69, 9.17) is 16.3 Å². The van der Waals surface area contributed by atoms with Gasteiger partial charge in [0.25, 0.3) is 0 Å². The van der Waals surface area contributed by atoms with Crippen molar-refractivity contribution in [3.05, 3.63) is 47.0 Å². The molecule has 7 nitrogen and oxygen atoms in total. The molecule has 2 aromatic rings. The van der Waals surface area contributed by atoms with Gasteiger partial charge in [0.2, 0.25) is 11.9 Å². The minimum absolute atomic E-state index is 0.00948. The molecule has 1 aliphatic carbocycles. The molecule has 1 amide bonds. The quantitative estimate of drug-likeness (QED) is 0.575. The highest BCUT2D eigenvalue weighted by molar-refractivity contribution is 6.30. The number of carbonyl (C=O) groups is 1. The predicted octanol–water partition coefficient (Wildman–Crippen LogP) is 3.46. The van der Waals surface area contributed by atoms with Gasteiger partial charge >= 0.3 is 0 Å². The Morgan fingerprint density at radius 1 is 1.21 bits per heavy atom. The summed E-state index contributed by atoms with van der Waals surface area (Å²) in [6.07, 6.45) is 8.58. The van der Waals surface area contributed by atoms with Crippen LogP contribution in [0.3, 0.4) is 0 Å². The van der Waals surface area contributed by atoms with Crippen LogP contribution in [-0.4, -0.2) is 65.6 Å². The molecule has 3 aliphatic rings. The van der Waals surface area contributed by atoms with Crippen LogP contribution in [0.4, 0.5) is 10.3 Å². The highest BCUT2D eigenvalue weighted by Crippen LogP contribution is 2.31. The number of fused-ring (bicyclic) bond motifs is 1. The number of rotatable bonds is 8. The van der Waals surface area contributed by atoms with Crippen molar-refractivity contribution in [2.24, 2.45) is 5.92 Å². The first-order chi connectivity index (χ1) is 16.6. The molecule has 0 bridgehead atoms. The van der Waals surface area contributed by atoms with Gasteiger partial charge in [-0.05, 0) is 49.7 Å². The number of anilines is 1. The highest BCUT2D eigenvalue weighted by Gasteiger charge is 2.45. The monoisotopic (exact) mass is 487 g/mol. The first-order valence-corrected chi connectivity index (χ1v) is 12.6. The Bertz CT molecular complexity index is 999. The summed E-state index contributed by atoms with van der Waals surface area (Å²) in [7, 11) is 0. The van der Waals surface area contributed by atoms with Crippen molar-refractivity contribution in [3.8, 4) is 5.75 Å². The summed E-state index contributed by atoms with van der Waals surface area (Å²) in [6, 6.07) is 5.59. The van der Waals surface area contributed by atoms with Crippen LogP contribution in [0.1, 0.15) is 37.7 Å². The van der Waals surface area contributed by atoms with E-state index in [2.05, 4.69) is 20.2 Å². The molecule has 3 heterocycles. The highest BCUT2D eigenvalue weighted by atomic mass is 35.5. The second kappa shape index (κ2) is 10.4. The molecule has 1 aromatic heterocycles. The second-order valence-electron chi connectivity index (χ2n) is 9.50. The first kappa shape index (κ1) is 23.3. The molecule has 1 aromatic carbocycles. The molecule has 9 heteroatoms. The fraction of sp³-hybridized carbons (Fsp3) is 0.560. The number of halogens is 2. The normalized spacial score (nSPS) is 22.4. The number of amides is 1. The van der Waals surface area contributed by atoms with E-state index in [1.807, 2.05) is 4.90 Å². The topological polar surface area (TPSA) is 70.6 Å². The van der Waals surface area contributed by atoms with E-state index >= 15 is 0 Å². The summed E-state index contributed by atoms with van der Waals surface area (Å²) in [5.41, 5.74) is 0.435. The Morgan fingerprint density at radius 3 is 2.76 bits per heavy atom.